The van der Waals surface area contributed by atoms with E-state index < -0.39 is 0 Å². The highest BCUT2D eigenvalue weighted by Gasteiger charge is 2.21. The Morgan fingerprint density at radius 3 is 1.13 bits per heavy atom. The second kappa shape index (κ2) is 9.30. The van der Waals surface area contributed by atoms with Gasteiger partial charge in [0, 0.05) is 0 Å². The van der Waals surface area contributed by atoms with Crippen molar-refractivity contribution in [2.24, 2.45) is 0 Å². The Bertz CT molecular complexity index is 1670. The zero-order valence-electron chi connectivity index (χ0n) is 22.8. The SMILES string of the molecule is C=Cc1ccc(-c2cc(C(C)C)c3ccc4c(-c5ccc(C=C)cc5)cc(C(C)C)c5ccc2c3c45)cc1. The topological polar surface area (TPSA) is 0 Å². The van der Waals surface area contributed by atoms with Gasteiger partial charge in [-0.1, -0.05) is 126 Å². The van der Waals surface area contributed by atoms with E-state index >= 15 is 0 Å². The highest BCUT2D eigenvalue weighted by molar-refractivity contribution is 6.29. The van der Waals surface area contributed by atoms with Gasteiger partial charge in [0.15, 0.2) is 0 Å². The summed E-state index contributed by atoms with van der Waals surface area (Å²) in [6.07, 6.45) is 3.81. The number of rotatable bonds is 6. The fourth-order valence-corrected chi connectivity index (χ4v) is 6.08. The van der Waals surface area contributed by atoms with Crippen LogP contribution in [0.2, 0.25) is 0 Å². The van der Waals surface area contributed by atoms with E-state index in [9.17, 15) is 0 Å². The molecule has 0 radical (unpaired) electrons. The molecule has 0 atom stereocenters. The smallest absolute Gasteiger partial charge is 0.00174 e. The van der Waals surface area contributed by atoms with Crippen LogP contribution >= 0.6 is 0 Å². The van der Waals surface area contributed by atoms with Crippen molar-refractivity contribution in [1.82, 2.24) is 0 Å². The summed E-state index contributed by atoms with van der Waals surface area (Å²) in [5.74, 6) is 0.836. The van der Waals surface area contributed by atoms with Gasteiger partial charge in [0.25, 0.3) is 0 Å². The van der Waals surface area contributed by atoms with Crippen molar-refractivity contribution in [3.8, 4) is 22.3 Å². The summed E-state index contributed by atoms with van der Waals surface area (Å²) in [4.78, 5) is 0. The van der Waals surface area contributed by atoms with Gasteiger partial charge >= 0.3 is 0 Å². The molecule has 38 heavy (non-hydrogen) atoms. The van der Waals surface area contributed by atoms with E-state index in [0.717, 1.165) is 11.1 Å². The molecule has 0 heterocycles. The van der Waals surface area contributed by atoms with Crippen molar-refractivity contribution in [1.29, 1.82) is 0 Å². The monoisotopic (exact) mass is 490 g/mol. The fourth-order valence-electron chi connectivity index (χ4n) is 6.08. The van der Waals surface area contributed by atoms with E-state index in [-0.39, 0.29) is 0 Å². The summed E-state index contributed by atoms with van der Waals surface area (Å²) in [5.41, 5.74) is 10.2. The minimum atomic E-state index is 0.418. The van der Waals surface area contributed by atoms with Crippen LogP contribution in [0, 0.1) is 0 Å². The molecule has 0 aliphatic rings. The maximum atomic E-state index is 3.94. The van der Waals surface area contributed by atoms with Gasteiger partial charge in [-0.25, -0.2) is 0 Å². The zero-order chi connectivity index (χ0) is 26.6. The molecule has 0 aromatic heterocycles. The van der Waals surface area contributed by atoms with Gasteiger partial charge in [0.1, 0.15) is 0 Å². The highest BCUT2D eigenvalue weighted by atomic mass is 14.2. The Hall–Kier alpha value is -4.16. The van der Waals surface area contributed by atoms with Gasteiger partial charge in [-0.05, 0) is 101 Å². The molecule has 0 nitrogen and oxygen atoms in total. The van der Waals surface area contributed by atoms with Gasteiger partial charge in [0.2, 0.25) is 0 Å². The van der Waals surface area contributed by atoms with Crippen molar-refractivity contribution >= 4 is 44.5 Å². The molecule has 6 aromatic rings. The average Bonchev–Trinajstić information content (AvgIpc) is 2.95. The van der Waals surface area contributed by atoms with Crippen molar-refractivity contribution in [2.75, 3.05) is 0 Å². The molecule has 0 aliphatic carbocycles. The molecular weight excluding hydrogens is 456 g/mol. The molecule has 0 saturated carbocycles. The highest BCUT2D eigenvalue weighted by Crippen LogP contribution is 2.47. The molecule has 0 aliphatic heterocycles. The predicted molar refractivity (Wildman–Crippen MR) is 169 cm³/mol. The minimum Gasteiger partial charge on any atom is -0.0985 e. The molecule has 0 fully saturated rings. The molecule has 6 rings (SSSR count). The van der Waals surface area contributed by atoms with Crippen LogP contribution in [-0.2, 0) is 0 Å². The standard InChI is InChI=1S/C38H34/c1-7-25-9-13-27(14-10-25)35-21-33(23(3)4)29-18-20-32-36(28-15-11-26(8-2)12-16-28)22-34(24(5)6)30-17-19-31(35)37(29)38(30)32/h7-24H,1-2H2,3-6H3. The first-order chi connectivity index (χ1) is 18.4. The predicted octanol–water partition coefficient (Wildman–Crippen LogP) is 11.5. The maximum absolute atomic E-state index is 3.94. The minimum absolute atomic E-state index is 0.418. The molecule has 186 valence electrons. The van der Waals surface area contributed by atoms with Crippen LogP contribution in [0.25, 0.3) is 66.7 Å². The van der Waals surface area contributed by atoms with Crippen LogP contribution in [0.5, 0.6) is 0 Å². The largest absolute Gasteiger partial charge is 0.0985 e. The van der Waals surface area contributed by atoms with Gasteiger partial charge in [-0.2, -0.15) is 0 Å². The van der Waals surface area contributed by atoms with E-state index in [1.807, 2.05) is 12.2 Å². The molecule has 0 amide bonds. The van der Waals surface area contributed by atoms with E-state index in [4.69, 9.17) is 0 Å². The Kier molecular flexibility index (Phi) is 5.92. The third kappa shape index (κ3) is 3.75. The lowest BCUT2D eigenvalue weighted by molar-refractivity contribution is 0.876. The molecule has 0 heteroatoms. The molecule has 6 aromatic carbocycles. The quantitative estimate of drug-likeness (QED) is 0.204. The Labute approximate surface area is 226 Å². The lowest BCUT2D eigenvalue weighted by Crippen LogP contribution is -1.98. The van der Waals surface area contributed by atoms with Crippen molar-refractivity contribution in [2.45, 2.75) is 39.5 Å². The maximum Gasteiger partial charge on any atom is -0.00174 e. The third-order valence-electron chi connectivity index (χ3n) is 8.12. The third-order valence-corrected chi connectivity index (χ3v) is 8.12. The summed E-state index contributed by atoms with van der Waals surface area (Å²) in [6.45, 7) is 17.1. The fraction of sp³-hybridized carbons (Fsp3) is 0.158. The normalized spacial score (nSPS) is 11.8. The Morgan fingerprint density at radius 2 is 0.816 bits per heavy atom. The lowest BCUT2D eigenvalue weighted by atomic mass is 9.81. The zero-order valence-corrected chi connectivity index (χ0v) is 22.8. The van der Waals surface area contributed by atoms with Crippen molar-refractivity contribution in [3.05, 3.63) is 120 Å². The van der Waals surface area contributed by atoms with E-state index in [0.29, 0.717) is 11.8 Å². The average molecular weight is 491 g/mol. The first-order valence-corrected chi connectivity index (χ1v) is 13.6. The first-order valence-electron chi connectivity index (χ1n) is 13.6. The number of hydrogen-bond donors (Lipinski definition) is 0. The number of hydrogen-bond acceptors (Lipinski definition) is 0. The Balaban J connectivity index is 1.78. The second-order valence-corrected chi connectivity index (χ2v) is 11.1. The van der Waals surface area contributed by atoms with Crippen LogP contribution in [0.4, 0.5) is 0 Å². The number of benzene rings is 6. The van der Waals surface area contributed by atoms with E-state index in [2.05, 4.69) is 126 Å². The summed E-state index contributed by atoms with van der Waals surface area (Å²) in [6, 6.07) is 31.9. The molecule has 0 saturated heterocycles. The molecule has 0 spiro atoms. The van der Waals surface area contributed by atoms with Gasteiger partial charge in [-0.3, -0.25) is 0 Å². The molecule has 0 N–H and O–H groups in total. The molecular formula is C38H34. The summed E-state index contributed by atoms with van der Waals surface area (Å²) in [7, 11) is 0. The van der Waals surface area contributed by atoms with Crippen LogP contribution in [-0.4, -0.2) is 0 Å². The summed E-state index contributed by atoms with van der Waals surface area (Å²) < 4.78 is 0. The van der Waals surface area contributed by atoms with Crippen molar-refractivity contribution in [3.63, 3.8) is 0 Å². The van der Waals surface area contributed by atoms with Crippen LogP contribution < -0.4 is 0 Å². The van der Waals surface area contributed by atoms with E-state index in [1.165, 1.54) is 65.7 Å². The lowest BCUT2D eigenvalue weighted by Gasteiger charge is -2.23. The van der Waals surface area contributed by atoms with Gasteiger partial charge in [0.05, 0.1) is 0 Å². The van der Waals surface area contributed by atoms with E-state index in [1.54, 1.807) is 0 Å². The first kappa shape index (κ1) is 24.2. The van der Waals surface area contributed by atoms with Crippen LogP contribution in [0.15, 0.2) is 98.1 Å². The van der Waals surface area contributed by atoms with Crippen LogP contribution in [0.1, 0.15) is 61.8 Å². The van der Waals surface area contributed by atoms with Crippen molar-refractivity contribution < 1.29 is 0 Å². The molecule has 0 bridgehead atoms. The van der Waals surface area contributed by atoms with Gasteiger partial charge < -0.3 is 0 Å². The summed E-state index contributed by atoms with van der Waals surface area (Å²) >= 11 is 0. The van der Waals surface area contributed by atoms with Crippen LogP contribution in [0.3, 0.4) is 0 Å². The second-order valence-electron chi connectivity index (χ2n) is 11.1. The molecule has 0 unspecified atom stereocenters. The summed E-state index contributed by atoms with van der Waals surface area (Å²) in [5, 5.41) is 8.16. The van der Waals surface area contributed by atoms with Gasteiger partial charge in [-0.15, -0.1) is 0 Å². The Morgan fingerprint density at radius 1 is 0.474 bits per heavy atom.